The smallest absolute Gasteiger partial charge is 0.406 e. The van der Waals surface area contributed by atoms with Crippen LogP contribution in [0.15, 0.2) is 18.3 Å². The van der Waals surface area contributed by atoms with Crippen LogP contribution in [0, 0.1) is 16.7 Å². The Labute approximate surface area is 95.3 Å². The van der Waals surface area contributed by atoms with Gasteiger partial charge < -0.3 is 9.31 Å². The molecule has 1 aromatic heterocycles. The summed E-state index contributed by atoms with van der Waals surface area (Å²) in [7, 11) is -0.443. The Kier molecular flexibility index (Phi) is 2.95. The summed E-state index contributed by atoms with van der Waals surface area (Å²) >= 11 is 0. The summed E-state index contributed by atoms with van der Waals surface area (Å²) in [6.45, 7) is 5.44. The quantitative estimate of drug-likeness (QED) is 0.649. The predicted octanol–water partition coefficient (Wildman–Crippen LogP) is 0.721. The lowest BCUT2D eigenvalue weighted by Gasteiger charge is -2.32. The van der Waals surface area contributed by atoms with E-state index in [1.165, 1.54) is 0 Å². The summed E-state index contributed by atoms with van der Waals surface area (Å²) in [4.78, 5) is 4.16. The summed E-state index contributed by atoms with van der Waals surface area (Å²) in [6.07, 6.45) is 1.60. The number of pyridine rings is 1. The second-order valence-corrected chi connectivity index (χ2v) is 4.70. The fraction of sp³-hybridized carbons (Fsp3) is 0.455. The van der Waals surface area contributed by atoms with Crippen LogP contribution >= 0.6 is 0 Å². The Hall–Kier alpha value is -1.38. The van der Waals surface area contributed by atoms with Gasteiger partial charge in [0.2, 0.25) is 0 Å². The van der Waals surface area contributed by atoms with Gasteiger partial charge in [0.25, 0.3) is 0 Å². The van der Waals surface area contributed by atoms with Gasteiger partial charge in [-0.3, -0.25) is 4.98 Å². The highest BCUT2D eigenvalue weighted by Gasteiger charge is 2.34. The number of hydrogen-bond acceptors (Lipinski definition) is 4. The molecule has 0 spiro atoms. The van der Waals surface area contributed by atoms with Crippen LogP contribution in [0.1, 0.15) is 19.4 Å². The molecule has 0 saturated carbocycles. The maximum atomic E-state index is 8.78. The minimum atomic E-state index is -0.443. The molecule has 0 atom stereocenters. The molecule has 0 amide bonds. The van der Waals surface area contributed by atoms with Gasteiger partial charge in [-0.15, -0.1) is 0 Å². The van der Waals surface area contributed by atoms with Crippen molar-refractivity contribution in [3.8, 4) is 6.07 Å². The molecule has 1 aliphatic heterocycles. The molecule has 0 bridgehead atoms. The third-order valence-electron chi connectivity index (χ3n) is 2.40. The first-order chi connectivity index (χ1) is 7.61. The topological polar surface area (TPSA) is 55.1 Å². The number of nitrogens with zero attached hydrogens (tertiary/aromatic N) is 2. The van der Waals surface area contributed by atoms with Crippen molar-refractivity contribution in [2.24, 2.45) is 5.41 Å². The van der Waals surface area contributed by atoms with Gasteiger partial charge in [-0.25, -0.2) is 0 Å². The highest BCUT2D eigenvalue weighted by Crippen LogP contribution is 2.21. The highest BCUT2D eigenvalue weighted by atomic mass is 16.6. The second kappa shape index (κ2) is 4.24. The van der Waals surface area contributed by atoms with Gasteiger partial charge in [-0.2, -0.15) is 5.26 Å². The van der Waals surface area contributed by atoms with Crippen LogP contribution in [0.3, 0.4) is 0 Å². The van der Waals surface area contributed by atoms with Crippen LogP contribution in [-0.4, -0.2) is 25.3 Å². The lowest BCUT2D eigenvalue weighted by Crippen LogP contribution is -2.48. The van der Waals surface area contributed by atoms with Gasteiger partial charge in [0, 0.05) is 24.8 Å². The highest BCUT2D eigenvalue weighted by molar-refractivity contribution is 6.60. The van der Waals surface area contributed by atoms with E-state index in [2.05, 4.69) is 24.9 Å². The molecular weight excluding hydrogens is 203 g/mol. The molecular formula is C11H13BN2O2. The SMILES string of the molecule is CC1(C)COB(c2cc(C#N)ccn2)OC1. The summed E-state index contributed by atoms with van der Waals surface area (Å²) in [5.74, 6) is 0. The summed E-state index contributed by atoms with van der Waals surface area (Å²) in [5, 5.41) is 8.78. The Morgan fingerprint density at radius 3 is 2.75 bits per heavy atom. The Balaban J connectivity index is 2.11. The van der Waals surface area contributed by atoms with Crippen molar-refractivity contribution in [1.29, 1.82) is 5.26 Å². The van der Waals surface area contributed by atoms with Crippen molar-refractivity contribution >= 4 is 12.7 Å². The molecule has 0 aliphatic carbocycles. The van der Waals surface area contributed by atoms with Crippen molar-refractivity contribution in [2.45, 2.75) is 13.8 Å². The first-order valence-electron chi connectivity index (χ1n) is 5.20. The molecule has 2 rings (SSSR count). The second-order valence-electron chi connectivity index (χ2n) is 4.70. The van der Waals surface area contributed by atoms with E-state index in [0.29, 0.717) is 24.4 Å². The summed E-state index contributed by atoms with van der Waals surface area (Å²) < 4.78 is 11.2. The number of nitriles is 1. The first kappa shape index (κ1) is 11.1. The van der Waals surface area contributed by atoms with Gasteiger partial charge in [-0.1, -0.05) is 13.8 Å². The number of hydrogen-bond donors (Lipinski definition) is 0. The van der Waals surface area contributed by atoms with E-state index in [0.717, 1.165) is 0 Å². The maximum Gasteiger partial charge on any atom is 0.513 e. The van der Waals surface area contributed by atoms with Crippen LogP contribution < -0.4 is 5.59 Å². The monoisotopic (exact) mass is 216 g/mol. The predicted molar refractivity (Wildman–Crippen MR) is 60.0 cm³/mol. The Morgan fingerprint density at radius 2 is 2.12 bits per heavy atom. The molecule has 82 valence electrons. The largest absolute Gasteiger partial charge is 0.513 e. The van der Waals surface area contributed by atoms with E-state index in [1.807, 2.05) is 0 Å². The molecule has 2 heterocycles. The van der Waals surface area contributed by atoms with Gasteiger partial charge in [0.1, 0.15) is 0 Å². The molecule has 16 heavy (non-hydrogen) atoms. The molecule has 1 fully saturated rings. The lowest BCUT2D eigenvalue weighted by atomic mass is 9.79. The van der Waals surface area contributed by atoms with E-state index < -0.39 is 7.12 Å². The summed E-state index contributed by atoms with van der Waals surface area (Å²) in [5.41, 5.74) is 1.28. The fourth-order valence-electron chi connectivity index (χ4n) is 1.51. The Morgan fingerprint density at radius 1 is 1.44 bits per heavy atom. The molecule has 1 aromatic rings. The first-order valence-corrected chi connectivity index (χ1v) is 5.20. The molecule has 0 radical (unpaired) electrons. The van der Waals surface area contributed by atoms with Crippen molar-refractivity contribution in [2.75, 3.05) is 13.2 Å². The van der Waals surface area contributed by atoms with E-state index in [9.17, 15) is 0 Å². The number of aromatic nitrogens is 1. The minimum Gasteiger partial charge on any atom is -0.406 e. The van der Waals surface area contributed by atoms with Crippen LogP contribution in [-0.2, 0) is 9.31 Å². The van der Waals surface area contributed by atoms with Gasteiger partial charge in [0.05, 0.1) is 17.2 Å². The minimum absolute atomic E-state index is 0.0450. The normalized spacial score (nSPS) is 19.2. The van der Waals surface area contributed by atoms with Crippen molar-refractivity contribution < 1.29 is 9.31 Å². The third-order valence-corrected chi connectivity index (χ3v) is 2.40. The molecule has 1 aliphatic rings. The molecule has 4 nitrogen and oxygen atoms in total. The van der Waals surface area contributed by atoms with Crippen LogP contribution in [0.2, 0.25) is 0 Å². The zero-order valence-electron chi connectivity index (χ0n) is 9.43. The van der Waals surface area contributed by atoms with E-state index >= 15 is 0 Å². The third kappa shape index (κ3) is 2.41. The summed E-state index contributed by atoms with van der Waals surface area (Å²) in [6, 6.07) is 5.43. The zero-order valence-corrected chi connectivity index (χ0v) is 9.43. The van der Waals surface area contributed by atoms with Crippen molar-refractivity contribution in [3.05, 3.63) is 23.9 Å². The molecule has 1 saturated heterocycles. The molecule has 0 aromatic carbocycles. The van der Waals surface area contributed by atoms with E-state index in [-0.39, 0.29) is 5.41 Å². The van der Waals surface area contributed by atoms with Gasteiger partial charge >= 0.3 is 7.12 Å². The fourth-order valence-corrected chi connectivity index (χ4v) is 1.51. The Bertz CT molecular complexity index is 418. The molecule has 0 unspecified atom stereocenters. The number of rotatable bonds is 1. The van der Waals surface area contributed by atoms with Gasteiger partial charge in [0.15, 0.2) is 0 Å². The van der Waals surface area contributed by atoms with Crippen LogP contribution in [0.4, 0.5) is 0 Å². The van der Waals surface area contributed by atoms with E-state index in [1.54, 1.807) is 18.3 Å². The zero-order chi connectivity index (χ0) is 11.6. The van der Waals surface area contributed by atoms with Crippen LogP contribution in [0.25, 0.3) is 0 Å². The van der Waals surface area contributed by atoms with Crippen molar-refractivity contribution in [3.63, 3.8) is 0 Å². The lowest BCUT2D eigenvalue weighted by molar-refractivity contribution is 0.0339. The average Bonchev–Trinajstić information content (AvgIpc) is 2.29. The van der Waals surface area contributed by atoms with E-state index in [4.69, 9.17) is 14.6 Å². The molecule has 0 N–H and O–H groups in total. The average molecular weight is 216 g/mol. The standard InChI is InChI=1S/C11H13BN2O2/c1-11(2)7-15-12(16-8-11)10-5-9(6-13)3-4-14-10/h3-5H,7-8H2,1-2H3. The maximum absolute atomic E-state index is 8.78. The van der Waals surface area contributed by atoms with Crippen LogP contribution in [0.5, 0.6) is 0 Å². The molecule has 5 heteroatoms. The van der Waals surface area contributed by atoms with Gasteiger partial charge in [-0.05, 0) is 12.1 Å². The van der Waals surface area contributed by atoms with Crippen molar-refractivity contribution in [1.82, 2.24) is 4.98 Å².